The molecule has 4 heteroatoms. The van der Waals surface area contributed by atoms with Gasteiger partial charge in [0.05, 0.1) is 13.5 Å². The summed E-state index contributed by atoms with van der Waals surface area (Å²) in [5.41, 5.74) is 3.12. The second kappa shape index (κ2) is 8.48. The van der Waals surface area contributed by atoms with E-state index in [9.17, 15) is 4.79 Å². The van der Waals surface area contributed by atoms with Gasteiger partial charge in [-0.25, -0.2) is 0 Å². The molecule has 1 aromatic heterocycles. The van der Waals surface area contributed by atoms with Crippen molar-refractivity contribution in [3.8, 4) is 5.75 Å². The molecule has 1 unspecified atom stereocenters. The number of nitrogens with zero attached hydrogens (tertiary/aromatic N) is 2. The summed E-state index contributed by atoms with van der Waals surface area (Å²) in [6.45, 7) is 6.77. The number of carbonyl (C=O) groups excluding carboxylic acids is 1. The lowest BCUT2D eigenvalue weighted by atomic mass is 10.0. The Hall–Kier alpha value is -2.36. The lowest BCUT2D eigenvalue weighted by molar-refractivity contribution is -0.132. The number of hydrogen-bond acceptors (Lipinski definition) is 3. The maximum atomic E-state index is 12.6. The van der Waals surface area contributed by atoms with Gasteiger partial charge in [0.1, 0.15) is 5.75 Å². The molecule has 24 heavy (non-hydrogen) atoms. The van der Waals surface area contributed by atoms with Crippen molar-refractivity contribution in [2.75, 3.05) is 13.7 Å². The third kappa shape index (κ3) is 4.82. The summed E-state index contributed by atoms with van der Waals surface area (Å²) in [4.78, 5) is 18.8. The van der Waals surface area contributed by atoms with E-state index in [1.165, 1.54) is 5.56 Å². The molecule has 128 valence electrons. The van der Waals surface area contributed by atoms with Crippen molar-refractivity contribution in [1.82, 2.24) is 9.88 Å². The highest BCUT2D eigenvalue weighted by atomic mass is 16.5. The molecule has 0 fully saturated rings. The van der Waals surface area contributed by atoms with Crippen molar-refractivity contribution in [3.05, 3.63) is 59.4 Å². The van der Waals surface area contributed by atoms with Crippen LogP contribution in [0.5, 0.6) is 5.75 Å². The van der Waals surface area contributed by atoms with Gasteiger partial charge in [0.2, 0.25) is 5.91 Å². The minimum atomic E-state index is 0.143. The van der Waals surface area contributed by atoms with Crippen LogP contribution < -0.4 is 4.74 Å². The average molecular weight is 326 g/mol. The summed E-state index contributed by atoms with van der Waals surface area (Å²) in [5, 5.41) is 0. The Morgan fingerprint density at radius 2 is 1.83 bits per heavy atom. The second-order valence-corrected chi connectivity index (χ2v) is 6.07. The van der Waals surface area contributed by atoms with E-state index in [4.69, 9.17) is 4.74 Å². The Bertz CT molecular complexity index is 650. The van der Waals surface area contributed by atoms with E-state index < -0.39 is 0 Å². The third-order valence-corrected chi connectivity index (χ3v) is 4.21. The molecule has 0 radical (unpaired) electrons. The van der Waals surface area contributed by atoms with Crippen molar-refractivity contribution in [2.45, 2.75) is 39.7 Å². The van der Waals surface area contributed by atoms with Gasteiger partial charge in [-0.3, -0.25) is 9.78 Å². The van der Waals surface area contributed by atoms with Gasteiger partial charge in [-0.2, -0.15) is 0 Å². The van der Waals surface area contributed by atoms with Gasteiger partial charge in [-0.1, -0.05) is 18.2 Å². The van der Waals surface area contributed by atoms with E-state index >= 15 is 0 Å². The number of likely N-dealkylation sites (N-methyl/N-ethyl adjacent to an activating group) is 1. The topological polar surface area (TPSA) is 42.4 Å². The third-order valence-electron chi connectivity index (χ3n) is 4.21. The molecule has 0 saturated carbocycles. The smallest absolute Gasteiger partial charge is 0.227 e. The van der Waals surface area contributed by atoms with Crippen molar-refractivity contribution < 1.29 is 9.53 Å². The average Bonchev–Trinajstić information content (AvgIpc) is 2.58. The minimum absolute atomic E-state index is 0.143. The number of benzene rings is 1. The fourth-order valence-corrected chi connectivity index (χ4v) is 2.83. The Balaban J connectivity index is 1.99. The molecule has 0 spiro atoms. The first-order chi connectivity index (χ1) is 11.5. The molecule has 1 heterocycles. The van der Waals surface area contributed by atoms with Gasteiger partial charge < -0.3 is 9.64 Å². The normalized spacial score (nSPS) is 11.8. The second-order valence-electron chi connectivity index (χ2n) is 6.07. The van der Waals surface area contributed by atoms with Gasteiger partial charge >= 0.3 is 0 Å². The zero-order valence-corrected chi connectivity index (χ0v) is 15.0. The quantitative estimate of drug-likeness (QED) is 0.783. The standard InChI is InChI=1S/C20H26N2O2/c1-5-22(20(23)13-18-7-6-15(2)21-14-18)16(3)12-17-8-10-19(24-4)11-9-17/h6-11,14,16H,5,12-13H2,1-4H3. The number of rotatable bonds is 7. The molecule has 0 N–H and O–H groups in total. The van der Waals surface area contributed by atoms with E-state index in [0.29, 0.717) is 13.0 Å². The first-order valence-electron chi connectivity index (χ1n) is 8.37. The highest BCUT2D eigenvalue weighted by molar-refractivity contribution is 5.79. The molecule has 1 atom stereocenters. The van der Waals surface area contributed by atoms with E-state index in [2.05, 4.69) is 24.0 Å². The molecule has 2 aromatic rings. The highest BCUT2D eigenvalue weighted by Crippen LogP contribution is 2.15. The summed E-state index contributed by atoms with van der Waals surface area (Å²) < 4.78 is 5.19. The zero-order valence-electron chi connectivity index (χ0n) is 15.0. The fraction of sp³-hybridized carbons (Fsp3) is 0.400. The molecule has 0 bridgehead atoms. The number of carbonyl (C=O) groups is 1. The Morgan fingerprint density at radius 1 is 1.17 bits per heavy atom. The molecule has 0 aliphatic rings. The molecule has 1 aromatic carbocycles. The largest absolute Gasteiger partial charge is 0.497 e. The molecule has 1 amide bonds. The molecular formula is C20H26N2O2. The molecule has 0 aliphatic heterocycles. The highest BCUT2D eigenvalue weighted by Gasteiger charge is 2.19. The fourth-order valence-electron chi connectivity index (χ4n) is 2.83. The maximum Gasteiger partial charge on any atom is 0.227 e. The van der Waals surface area contributed by atoms with Gasteiger partial charge in [0.25, 0.3) is 0 Å². The number of amides is 1. The predicted octanol–water partition coefficient (Wildman–Crippen LogP) is 3.42. The van der Waals surface area contributed by atoms with Gasteiger partial charge in [-0.05, 0) is 56.5 Å². The van der Waals surface area contributed by atoms with Crippen LogP contribution in [0.4, 0.5) is 0 Å². The predicted molar refractivity (Wildman–Crippen MR) is 96.2 cm³/mol. The molecule has 0 saturated heterocycles. The number of methoxy groups -OCH3 is 1. The van der Waals surface area contributed by atoms with Gasteiger partial charge in [0, 0.05) is 24.5 Å². The van der Waals surface area contributed by atoms with Crippen LogP contribution in [0, 0.1) is 6.92 Å². The Kier molecular flexibility index (Phi) is 6.36. The number of aryl methyl sites for hydroxylation is 1. The van der Waals surface area contributed by atoms with Crippen molar-refractivity contribution in [1.29, 1.82) is 0 Å². The van der Waals surface area contributed by atoms with Gasteiger partial charge in [0.15, 0.2) is 0 Å². The molecule has 0 aliphatic carbocycles. The first-order valence-corrected chi connectivity index (χ1v) is 8.37. The molecule has 2 rings (SSSR count). The van der Waals surface area contributed by atoms with E-state index in [1.54, 1.807) is 13.3 Å². The maximum absolute atomic E-state index is 12.6. The van der Waals surface area contributed by atoms with Crippen LogP contribution in [0.3, 0.4) is 0 Å². The van der Waals surface area contributed by atoms with Gasteiger partial charge in [-0.15, -0.1) is 0 Å². The molecule has 4 nitrogen and oxygen atoms in total. The van der Waals surface area contributed by atoms with E-state index in [-0.39, 0.29) is 11.9 Å². The van der Waals surface area contributed by atoms with Crippen molar-refractivity contribution in [3.63, 3.8) is 0 Å². The van der Waals surface area contributed by atoms with Crippen LogP contribution in [0.25, 0.3) is 0 Å². The van der Waals surface area contributed by atoms with E-state index in [1.807, 2.05) is 43.0 Å². The SMILES string of the molecule is CCN(C(=O)Cc1ccc(C)nc1)C(C)Cc1ccc(OC)cc1. The summed E-state index contributed by atoms with van der Waals surface area (Å²) in [6.07, 6.45) is 3.01. The van der Waals surface area contributed by atoms with Crippen molar-refractivity contribution >= 4 is 5.91 Å². The first kappa shape index (κ1) is 18.0. The lowest BCUT2D eigenvalue weighted by Gasteiger charge is -2.28. The van der Waals surface area contributed by atoms with Crippen LogP contribution >= 0.6 is 0 Å². The van der Waals surface area contributed by atoms with Crippen LogP contribution in [0.2, 0.25) is 0 Å². The zero-order chi connectivity index (χ0) is 17.5. The summed E-state index contributed by atoms with van der Waals surface area (Å²) in [7, 11) is 1.66. The minimum Gasteiger partial charge on any atom is -0.497 e. The van der Waals surface area contributed by atoms with Crippen LogP contribution in [0.1, 0.15) is 30.7 Å². The Labute approximate surface area is 144 Å². The van der Waals surface area contributed by atoms with E-state index in [0.717, 1.165) is 23.4 Å². The molecular weight excluding hydrogens is 300 g/mol. The van der Waals surface area contributed by atoms with Crippen LogP contribution in [-0.4, -0.2) is 35.5 Å². The van der Waals surface area contributed by atoms with Crippen molar-refractivity contribution in [2.24, 2.45) is 0 Å². The number of aromatic nitrogens is 1. The lowest BCUT2D eigenvalue weighted by Crippen LogP contribution is -2.40. The summed E-state index contributed by atoms with van der Waals surface area (Å²) >= 11 is 0. The number of hydrogen-bond donors (Lipinski definition) is 0. The number of pyridine rings is 1. The summed E-state index contributed by atoms with van der Waals surface area (Å²) in [6, 6.07) is 12.1. The van der Waals surface area contributed by atoms with Crippen LogP contribution in [-0.2, 0) is 17.6 Å². The summed E-state index contributed by atoms with van der Waals surface area (Å²) in [5.74, 6) is 0.992. The Morgan fingerprint density at radius 3 is 2.38 bits per heavy atom. The number of ether oxygens (including phenoxy) is 1. The van der Waals surface area contributed by atoms with Crippen LogP contribution in [0.15, 0.2) is 42.6 Å². The monoisotopic (exact) mass is 326 g/mol.